The Labute approximate surface area is 730 Å². The summed E-state index contributed by atoms with van der Waals surface area (Å²) in [6, 6.07) is 0. The molecule has 0 aliphatic rings. The van der Waals surface area contributed by atoms with Crippen LogP contribution in [0.1, 0.15) is 526 Å². The van der Waals surface area contributed by atoms with Gasteiger partial charge in [0.25, 0.3) is 0 Å². The Balaban J connectivity index is 5.07. The van der Waals surface area contributed by atoms with Crippen LogP contribution in [0, 0.1) is 35.5 Å². The average molecular weight is 1660 g/mol. The van der Waals surface area contributed by atoms with Crippen molar-refractivity contribution in [3.8, 4) is 0 Å². The molecule has 0 aromatic rings. The summed E-state index contributed by atoms with van der Waals surface area (Å²) >= 11 is 0. The third-order valence-electron chi connectivity index (χ3n) is 26.3. The monoisotopic (exact) mass is 1660 g/mol. The lowest BCUT2D eigenvalue weighted by Gasteiger charge is -2.33. The van der Waals surface area contributed by atoms with Crippen LogP contribution in [0.25, 0.3) is 0 Å². The molecule has 0 bridgehead atoms. The number of nitrogens with zero attached hydrogens (tertiary/aromatic N) is 2. The largest absolute Gasteiger partial charge is 0.466 e. The molecule has 0 fully saturated rings. The molecule has 0 aromatic heterocycles. The van der Waals surface area contributed by atoms with Crippen molar-refractivity contribution in [2.24, 2.45) is 35.5 Å². The first kappa shape index (κ1) is 115. The fraction of sp³-hybridized carbons (Fsp3) is 0.962. The maximum absolute atomic E-state index is 13.3. The van der Waals surface area contributed by atoms with E-state index in [0.29, 0.717) is 99.8 Å². The van der Waals surface area contributed by atoms with Crippen LogP contribution in [0.2, 0.25) is 0 Å². The number of esters is 4. The number of rotatable bonds is 96. The van der Waals surface area contributed by atoms with Crippen LogP contribution in [0.15, 0.2) is 0 Å². The zero-order valence-corrected chi connectivity index (χ0v) is 80.9. The first-order valence-electron chi connectivity index (χ1n) is 52.6. The molecule has 0 aromatic carbocycles. The van der Waals surface area contributed by atoms with E-state index >= 15 is 0 Å². The van der Waals surface area contributed by atoms with Gasteiger partial charge in [0.15, 0.2) is 0 Å². The van der Waals surface area contributed by atoms with Gasteiger partial charge in [-0.15, -0.1) is 0 Å². The SMILES string of the molecule is CCCCCC(CCCCC)CCOC(=O)CCCCCCCCC(CCCCCCCCC(=O)OCCC(CCCCC)CC(CCC)C(CCC)CC(CCCCC)CCOC(=O)CCCCCCCCC(CCCCCCCCC(=O)OCCC(CCCCC)CCCCC)OCCCCN(CC)CC)OCCCCN(C)CC. The van der Waals surface area contributed by atoms with Gasteiger partial charge in [-0.2, -0.15) is 0 Å². The molecule has 0 heterocycles. The first-order valence-corrected chi connectivity index (χ1v) is 52.6. The quantitative estimate of drug-likeness (QED) is 0.0326. The molecule has 6 atom stereocenters. The van der Waals surface area contributed by atoms with Gasteiger partial charge < -0.3 is 38.2 Å². The van der Waals surface area contributed by atoms with Crippen molar-refractivity contribution in [1.82, 2.24) is 9.80 Å². The molecular formula is C105H206N2O10. The van der Waals surface area contributed by atoms with Crippen molar-refractivity contribution in [3.05, 3.63) is 0 Å². The number of carbonyl (C=O) groups is 4. The summed E-state index contributed by atoms with van der Waals surface area (Å²) < 4.78 is 36.8. The van der Waals surface area contributed by atoms with Crippen LogP contribution >= 0.6 is 0 Å². The van der Waals surface area contributed by atoms with Gasteiger partial charge in [-0.1, -0.05) is 384 Å². The van der Waals surface area contributed by atoms with E-state index in [4.69, 9.17) is 28.4 Å². The fourth-order valence-corrected chi connectivity index (χ4v) is 18.2. The van der Waals surface area contributed by atoms with E-state index in [1.807, 2.05) is 0 Å². The second-order valence-electron chi connectivity index (χ2n) is 37.0. The summed E-state index contributed by atoms with van der Waals surface area (Å²) in [7, 11) is 2.21. The lowest BCUT2D eigenvalue weighted by molar-refractivity contribution is -0.145. The van der Waals surface area contributed by atoms with E-state index < -0.39 is 0 Å². The Bertz CT molecular complexity index is 2040. The van der Waals surface area contributed by atoms with Gasteiger partial charge >= 0.3 is 23.9 Å². The Morgan fingerprint density at radius 2 is 0.470 bits per heavy atom. The van der Waals surface area contributed by atoms with E-state index in [2.05, 4.69) is 93.0 Å². The number of ether oxygens (including phenoxy) is 6. The second kappa shape index (κ2) is 90.0. The lowest BCUT2D eigenvalue weighted by atomic mass is 9.73. The van der Waals surface area contributed by atoms with Crippen LogP contribution < -0.4 is 0 Å². The molecule has 0 aliphatic carbocycles. The molecule has 0 amide bonds. The zero-order valence-electron chi connectivity index (χ0n) is 80.9. The van der Waals surface area contributed by atoms with Gasteiger partial charge in [0.1, 0.15) is 0 Å². The van der Waals surface area contributed by atoms with Crippen molar-refractivity contribution in [3.63, 3.8) is 0 Å². The van der Waals surface area contributed by atoms with Crippen LogP contribution in [-0.2, 0) is 47.6 Å². The summed E-state index contributed by atoms with van der Waals surface area (Å²) in [5.74, 6) is 3.88. The van der Waals surface area contributed by atoms with Crippen LogP contribution in [0.5, 0.6) is 0 Å². The van der Waals surface area contributed by atoms with E-state index in [-0.39, 0.29) is 23.9 Å². The normalized spacial score (nSPS) is 13.5. The maximum Gasteiger partial charge on any atom is 0.305 e. The topological polar surface area (TPSA) is 130 Å². The van der Waals surface area contributed by atoms with E-state index in [0.717, 1.165) is 162 Å². The molecule has 0 saturated heterocycles. The number of carbonyl (C=O) groups excluding carboxylic acids is 4. The van der Waals surface area contributed by atoms with Crippen molar-refractivity contribution in [2.75, 3.05) is 79.4 Å². The number of hydrogen-bond donors (Lipinski definition) is 0. The summed E-state index contributed by atoms with van der Waals surface area (Å²) in [6.07, 6.45) is 81.6. The molecule has 696 valence electrons. The van der Waals surface area contributed by atoms with Gasteiger partial charge in [0.2, 0.25) is 0 Å². The molecule has 0 aliphatic heterocycles. The average Bonchev–Trinajstić information content (AvgIpc) is 0.878. The van der Waals surface area contributed by atoms with Crippen molar-refractivity contribution >= 4 is 23.9 Å². The van der Waals surface area contributed by atoms with Gasteiger partial charge in [0, 0.05) is 38.9 Å². The van der Waals surface area contributed by atoms with Gasteiger partial charge in [-0.3, -0.25) is 19.2 Å². The van der Waals surface area contributed by atoms with Gasteiger partial charge in [-0.25, -0.2) is 0 Å². The Morgan fingerprint density at radius 1 is 0.222 bits per heavy atom. The minimum atomic E-state index is -0.00967. The summed E-state index contributed by atoms with van der Waals surface area (Å²) in [5, 5.41) is 0. The molecule has 0 saturated carbocycles. The van der Waals surface area contributed by atoms with Crippen molar-refractivity contribution in [2.45, 2.75) is 538 Å². The minimum absolute atomic E-state index is 0.000490. The highest BCUT2D eigenvalue weighted by atomic mass is 16.5. The smallest absolute Gasteiger partial charge is 0.305 e. The van der Waals surface area contributed by atoms with Gasteiger partial charge in [-0.05, 0) is 191 Å². The van der Waals surface area contributed by atoms with Crippen LogP contribution in [-0.4, -0.2) is 125 Å². The standard InChI is InChI=1S/C105H206N2O10/c1-13-24-46-66-94(67-47-25-14-2)80-88-114-102(108)76-56-42-34-30-38-52-72-100(112-86-62-60-84-106(12)21-9)73-53-39-32-36-44-58-78-104(110)116-90-82-96(70-50-28-17-5)92-98(64-19-7)99(65-20-8)93-97(71-51-29-18-6)83-91-117-105(111)79-59-45-37-33-41-55-75-101(113-87-63-61-85-107(22-10)23-11)74-54-40-31-35-43-57-77-103(109)115-89-81-95(68-48-26-15-3)69-49-27-16-4/h94-101H,13-93H2,1-12H3. The Morgan fingerprint density at radius 3 is 0.735 bits per heavy atom. The Hall–Kier alpha value is -2.28. The summed E-state index contributed by atoms with van der Waals surface area (Å²) in [5.41, 5.74) is 0. The molecule has 0 N–H and O–H groups in total. The molecule has 117 heavy (non-hydrogen) atoms. The molecule has 12 nitrogen and oxygen atoms in total. The second-order valence-corrected chi connectivity index (χ2v) is 37.0. The highest BCUT2D eigenvalue weighted by Gasteiger charge is 2.28. The highest BCUT2D eigenvalue weighted by molar-refractivity contribution is 5.70. The van der Waals surface area contributed by atoms with Crippen molar-refractivity contribution < 1.29 is 47.6 Å². The third-order valence-corrected chi connectivity index (χ3v) is 26.3. The van der Waals surface area contributed by atoms with Crippen LogP contribution in [0.3, 0.4) is 0 Å². The predicted octanol–water partition coefficient (Wildman–Crippen LogP) is 31.4. The summed E-state index contributed by atoms with van der Waals surface area (Å²) in [6.45, 7) is 34.9. The van der Waals surface area contributed by atoms with Gasteiger partial charge in [0.05, 0.1) is 38.6 Å². The van der Waals surface area contributed by atoms with E-state index in [1.54, 1.807) is 0 Å². The highest BCUT2D eigenvalue weighted by Crippen LogP contribution is 2.38. The summed E-state index contributed by atoms with van der Waals surface area (Å²) in [4.78, 5) is 56.6. The predicted molar refractivity (Wildman–Crippen MR) is 504 cm³/mol. The molecule has 0 spiro atoms. The molecule has 6 unspecified atom stereocenters. The number of hydrogen-bond acceptors (Lipinski definition) is 12. The third kappa shape index (κ3) is 77.1. The first-order chi connectivity index (χ1) is 57.3. The molecule has 0 rings (SSSR count). The molecular weight excluding hydrogens is 1450 g/mol. The maximum atomic E-state index is 13.3. The van der Waals surface area contributed by atoms with E-state index in [1.165, 1.54) is 308 Å². The van der Waals surface area contributed by atoms with Crippen LogP contribution in [0.4, 0.5) is 0 Å². The number of unbranched alkanes of at least 4 members (excludes halogenated alkanes) is 34. The van der Waals surface area contributed by atoms with Crippen molar-refractivity contribution in [1.29, 1.82) is 0 Å². The molecule has 12 heteroatoms. The minimum Gasteiger partial charge on any atom is -0.466 e. The fourth-order valence-electron chi connectivity index (χ4n) is 18.2. The lowest BCUT2D eigenvalue weighted by Crippen LogP contribution is -2.24. The Kier molecular flexibility index (Phi) is 88.2. The van der Waals surface area contributed by atoms with E-state index in [9.17, 15) is 19.2 Å². The zero-order chi connectivity index (χ0) is 85.6. The molecule has 0 radical (unpaired) electrons.